The zero-order valence-electron chi connectivity index (χ0n) is 14.1. The van der Waals surface area contributed by atoms with Gasteiger partial charge in [-0.3, -0.25) is 15.2 Å². The molecule has 0 spiro atoms. The van der Waals surface area contributed by atoms with Gasteiger partial charge in [0.05, 0.1) is 17.9 Å². The highest BCUT2D eigenvalue weighted by molar-refractivity contribution is 9.10. The van der Waals surface area contributed by atoms with Crippen LogP contribution in [-0.2, 0) is 12.2 Å². The van der Waals surface area contributed by atoms with Crippen LogP contribution >= 0.6 is 15.9 Å². The Kier molecular flexibility index (Phi) is 3.64. The van der Waals surface area contributed by atoms with Crippen molar-refractivity contribution >= 4 is 21.9 Å². The number of nitrogens with one attached hydrogen (secondary N) is 1. The standard InChI is InChI=1S/C18H15BrN6O2/c19-11-4-5-13-12(9-11)18(14-3-1-2-6-20-14)21-7-8-24(18)10-15-22-16(17(26)27)23-25(13)15/h1-6,9,21H,7-8,10H2,(H,26,27). The molecule has 0 radical (unpaired) electrons. The molecular weight excluding hydrogens is 412 g/mol. The Labute approximate surface area is 163 Å². The first-order chi connectivity index (χ1) is 13.1. The van der Waals surface area contributed by atoms with Crippen molar-refractivity contribution in [1.82, 2.24) is 30.0 Å². The van der Waals surface area contributed by atoms with Crippen LogP contribution in [0.5, 0.6) is 0 Å². The predicted molar refractivity (Wildman–Crippen MR) is 99.4 cm³/mol. The van der Waals surface area contributed by atoms with Crippen molar-refractivity contribution in [2.24, 2.45) is 0 Å². The van der Waals surface area contributed by atoms with Crippen LogP contribution in [-0.4, -0.2) is 48.8 Å². The van der Waals surface area contributed by atoms with Gasteiger partial charge in [-0.1, -0.05) is 22.0 Å². The Morgan fingerprint density at radius 2 is 2.19 bits per heavy atom. The maximum atomic E-state index is 11.4. The Balaban J connectivity index is 1.83. The van der Waals surface area contributed by atoms with Crippen molar-refractivity contribution < 1.29 is 9.90 Å². The van der Waals surface area contributed by atoms with Gasteiger partial charge in [0.25, 0.3) is 5.82 Å². The molecule has 0 bridgehead atoms. The van der Waals surface area contributed by atoms with Crippen molar-refractivity contribution in [3.05, 3.63) is 70.0 Å². The van der Waals surface area contributed by atoms with Gasteiger partial charge in [-0.2, -0.15) is 0 Å². The molecule has 4 heterocycles. The Morgan fingerprint density at radius 1 is 1.30 bits per heavy atom. The minimum atomic E-state index is -1.13. The third-order valence-corrected chi connectivity index (χ3v) is 5.54. The minimum Gasteiger partial charge on any atom is -0.475 e. The Hall–Kier alpha value is -2.62. The molecule has 2 N–H and O–H groups in total. The Bertz CT molecular complexity index is 1050. The van der Waals surface area contributed by atoms with Gasteiger partial charge < -0.3 is 5.11 Å². The summed E-state index contributed by atoms with van der Waals surface area (Å²) >= 11 is 3.57. The van der Waals surface area contributed by atoms with E-state index < -0.39 is 11.6 Å². The average molecular weight is 427 g/mol. The van der Waals surface area contributed by atoms with E-state index in [0.717, 1.165) is 34.5 Å². The maximum absolute atomic E-state index is 11.4. The summed E-state index contributed by atoms with van der Waals surface area (Å²) < 4.78 is 2.56. The monoisotopic (exact) mass is 426 g/mol. The summed E-state index contributed by atoms with van der Waals surface area (Å²) in [4.78, 5) is 22.5. The molecule has 0 saturated carbocycles. The van der Waals surface area contributed by atoms with E-state index in [-0.39, 0.29) is 5.82 Å². The zero-order valence-corrected chi connectivity index (χ0v) is 15.7. The number of fused-ring (bicyclic) bond motifs is 5. The largest absolute Gasteiger partial charge is 0.475 e. The summed E-state index contributed by atoms with van der Waals surface area (Å²) in [6.45, 7) is 2.01. The van der Waals surface area contributed by atoms with Crippen LogP contribution in [0.4, 0.5) is 0 Å². The molecular formula is C18H15BrN6O2. The number of hydrogen-bond donors (Lipinski definition) is 2. The van der Waals surface area contributed by atoms with E-state index in [1.807, 2.05) is 36.4 Å². The van der Waals surface area contributed by atoms with Crippen molar-refractivity contribution in [1.29, 1.82) is 0 Å². The molecule has 2 aromatic heterocycles. The highest BCUT2D eigenvalue weighted by atomic mass is 79.9. The lowest BCUT2D eigenvalue weighted by atomic mass is 9.93. The summed E-state index contributed by atoms with van der Waals surface area (Å²) in [5, 5.41) is 17.2. The highest BCUT2D eigenvalue weighted by Gasteiger charge is 2.49. The van der Waals surface area contributed by atoms with Crippen LogP contribution in [0, 0.1) is 0 Å². The van der Waals surface area contributed by atoms with Crippen LogP contribution in [0.25, 0.3) is 5.69 Å². The molecule has 3 aromatic rings. The van der Waals surface area contributed by atoms with Crippen LogP contribution < -0.4 is 5.32 Å². The molecule has 1 aromatic carbocycles. The van der Waals surface area contributed by atoms with Gasteiger partial charge in [0.2, 0.25) is 0 Å². The number of hydrogen-bond acceptors (Lipinski definition) is 6. The molecule has 1 fully saturated rings. The van der Waals surface area contributed by atoms with Crippen LogP contribution in [0.3, 0.4) is 0 Å². The number of benzene rings is 1. The topological polar surface area (TPSA) is 96.2 Å². The quantitative estimate of drug-likeness (QED) is 0.643. The van der Waals surface area contributed by atoms with Crippen LogP contribution in [0.2, 0.25) is 0 Å². The zero-order chi connectivity index (χ0) is 18.6. The molecule has 1 unspecified atom stereocenters. The molecule has 1 atom stereocenters. The van der Waals surface area contributed by atoms with Gasteiger partial charge in [-0.05, 0) is 30.3 Å². The summed E-state index contributed by atoms with van der Waals surface area (Å²) in [7, 11) is 0. The third-order valence-electron chi connectivity index (χ3n) is 5.05. The number of carboxylic acids is 1. The lowest BCUT2D eigenvalue weighted by molar-refractivity contribution is 0.0683. The molecule has 5 rings (SSSR count). The normalized spacial score (nSPS) is 21.2. The second-order valence-corrected chi connectivity index (χ2v) is 7.42. The first-order valence-corrected chi connectivity index (χ1v) is 9.30. The third kappa shape index (κ3) is 2.35. The number of nitrogens with zero attached hydrogens (tertiary/aromatic N) is 5. The first kappa shape index (κ1) is 16.5. The number of pyridine rings is 1. The number of carboxylic acid groups (broad SMARTS) is 1. The fourth-order valence-electron chi connectivity index (χ4n) is 3.97. The SMILES string of the molecule is O=C(O)c1nc2n(n1)-c1ccc(Br)cc1C1(c3ccccn3)NCCN1C2. The fraction of sp³-hybridized carbons (Fsp3) is 0.222. The van der Waals surface area contributed by atoms with Gasteiger partial charge >= 0.3 is 5.97 Å². The molecule has 0 amide bonds. The molecule has 2 aliphatic heterocycles. The number of carbonyl (C=O) groups is 1. The van der Waals surface area contributed by atoms with E-state index >= 15 is 0 Å². The molecule has 9 heteroatoms. The predicted octanol–water partition coefficient (Wildman–Crippen LogP) is 1.74. The molecule has 136 valence electrons. The first-order valence-electron chi connectivity index (χ1n) is 8.51. The number of rotatable bonds is 2. The second kappa shape index (κ2) is 5.95. The van der Waals surface area contributed by atoms with Gasteiger partial charge in [-0.15, -0.1) is 5.10 Å². The number of halogens is 1. The van der Waals surface area contributed by atoms with Gasteiger partial charge in [0.15, 0.2) is 0 Å². The van der Waals surface area contributed by atoms with E-state index in [1.54, 1.807) is 10.9 Å². The van der Waals surface area contributed by atoms with E-state index in [2.05, 4.69) is 41.2 Å². The average Bonchev–Trinajstić information content (AvgIpc) is 3.26. The summed E-state index contributed by atoms with van der Waals surface area (Å²) in [6, 6.07) is 11.7. The van der Waals surface area contributed by atoms with Crippen molar-refractivity contribution in [3.8, 4) is 5.69 Å². The fourth-order valence-corrected chi connectivity index (χ4v) is 4.33. The number of aromatic carboxylic acids is 1. The van der Waals surface area contributed by atoms with E-state index in [4.69, 9.17) is 0 Å². The van der Waals surface area contributed by atoms with Crippen molar-refractivity contribution in [3.63, 3.8) is 0 Å². The maximum Gasteiger partial charge on any atom is 0.375 e. The summed E-state index contributed by atoms with van der Waals surface area (Å²) in [6.07, 6.45) is 1.78. The van der Waals surface area contributed by atoms with Crippen LogP contribution in [0.1, 0.15) is 27.7 Å². The van der Waals surface area contributed by atoms with Crippen molar-refractivity contribution in [2.75, 3.05) is 13.1 Å². The molecule has 0 aliphatic carbocycles. The lowest BCUT2D eigenvalue weighted by Gasteiger charge is -2.37. The van der Waals surface area contributed by atoms with Gasteiger partial charge in [0, 0.05) is 29.3 Å². The Morgan fingerprint density at radius 3 is 2.96 bits per heavy atom. The number of aromatic nitrogens is 4. The molecule has 1 saturated heterocycles. The molecule has 8 nitrogen and oxygen atoms in total. The lowest BCUT2D eigenvalue weighted by Crippen LogP contribution is -2.49. The van der Waals surface area contributed by atoms with Gasteiger partial charge in [0.1, 0.15) is 11.5 Å². The molecule has 2 aliphatic rings. The summed E-state index contributed by atoms with van der Waals surface area (Å²) in [5.41, 5.74) is 1.99. The second-order valence-electron chi connectivity index (χ2n) is 6.50. The van der Waals surface area contributed by atoms with E-state index in [0.29, 0.717) is 12.4 Å². The van der Waals surface area contributed by atoms with Crippen molar-refractivity contribution in [2.45, 2.75) is 12.2 Å². The van der Waals surface area contributed by atoms with Crippen LogP contribution in [0.15, 0.2) is 47.1 Å². The van der Waals surface area contributed by atoms with E-state index in [1.165, 1.54) is 0 Å². The highest BCUT2D eigenvalue weighted by Crippen LogP contribution is 2.42. The van der Waals surface area contributed by atoms with Gasteiger partial charge in [-0.25, -0.2) is 14.5 Å². The summed E-state index contributed by atoms with van der Waals surface area (Å²) in [5.74, 6) is -0.737. The smallest absolute Gasteiger partial charge is 0.375 e. The minimum absolute atomic E-state index is 0.198. The van der Waals surface area contributed by atoms with E-state index in [9.17, 15) is 9.90 Å². The molecule has 27 heavy (non-hydrogen) atoms.